The van der Waals surface area contributed by atoms with Gasteiger partial charge in [0, 0.05) is 6.54 Å². The zero-order valence-corrected chi connectivity index (χ0v) is 9.34. The summed E-state index contributed by atoms with van der Waals surface area (Å²) in [6.07, 6.45) is 7.06. The summed E-state index contributed by atoms with van der Waals surface area (Å²) in [5, 5.41) is 10.1. The van der Waals surface area contributed by atoms with Crippen molar-refractivity contribution in [1.29, 1.82) is 0 Å². The standard InChI is InChI=1S/C12H23NO/c1-2-13-8-3-5-11(10-13)9-12(14)6-4-7-12/h11,14H,2-10H2,1H3. The average molecular weight is 197 g/mol. The number of rotatable bonds is 3. The van der Waals surface area contributed by atoms with Crippen molar-refractivity contribution >= 4 is 0 Å². The summed E-state index contributed by atoms with van der Waals surface area (Å²) in [7, 11) is 0. The molecule has 0 spiro atoms. The second-order valence-corrected chi connectivity index (χ2v) is 5.18. The van der Waals surface area contributed by atoms with Crippen molar-refractivity contribution in [2.75, 3.05) is 19.6 Å². The van der Waals surface area contributed by atoms with E-state index >= 15 is 0 Å². The van der Waals surface area contributed by atoms with Crippen LogP contribution in [-0.2, 0) is 0 Å². The van der Waals surface area contributed by atoms with Gasteiger partial charge in [-0.1, -0.05) is 6.92 Å². The van der Waals surface area contributed by atoms with Crippen LogP contribution < -0.4 is 0 Å². The van der Waals surface area contributed by atoms with E-state index in [-0.39, 0.29) is 5.60 Å². The number of hydrogen-bond donors (Lipinski definition) is 1. The number of likely N-dealkylation sites (tertiary alicyclic amines) is 1. The largest absolute Gasteiger partial charge is 0.390 e. The molecule has 1 saturated carbocycles. The molecular formula is C12H23NO. The SMILES string of the molecule is CCN1CCCC(CC2(O)CCC2)C1. The van der Waals surface area contributed by atoms with Gasteiger partial charge in [-0.25, -0.2) is 0 Å². The normalized spacial score (nSPS) is 32.6. The van der Waals surface area contributed by atoms with Gasteiger partial charge in [0.1, 0.15) is 0 Å². The van der Waals surface area contributed by atoms with Crippen LogP contribution >= 0.6 is 0 Å². The molecule has 2 rings (SSSR count). The lowest BCUT2D eigenvalue weighted by molar-refractivity contribution is -0.0595. The Morgan fingerprint density at radius 2 is 2.14 bits per heavy atom. The van der Waals surface area contributed by atoms with Crippen molar-refractivity contribution in [3.05, 3.63) is 0 Å². The molecule has 1 saturated heterocycles. The number of hydrogen-bond acceptors (Lipinski definition) is 2. The summed E-state index contributed by atoms with van der Waals surface area (Å²) in [5.41, 5.74) is -0.262. The summed E-state index contributed by atoms with van der Waals surface area (Å²) in [5.74, 6) is 0.758. The van der Waals surface area contributed by atoms with E-state index in [1.807, 2.05) is 0 Å². The lowest BCUT2D eigenvalue weighted by Crippen LogP contribution is -2.43. The fraction of sp³-hybridized carbons (Fsp3) is 1.00. The van der Waals surface area contributed by atoms with E-state index in [9.17, 15) is 5.11 Å². The van der Waals surface area contributed by atoms with Crippen LogP contribution in [0.5, 0.6) is 0 Å². The van der Waals surface area contributed by atoms with E-state index in [0.29, 0.717) is 0 Å². The molecule has 1 aliphatic carbocycles. The van der Waals surface area contributed by atoms with Gasteiger partial charge in [-0.2, -0.15) is 0 Å². The molecule has 1 atom stereocenters. The fourth-order valence-electron chi connectivity index (χ4n) is 2.93. The molecule has 0 radical (unpaired) electrons. The third-order valence-corrected chi connectivity index (χ3v) is 4.00. The molecule has 1 heterocycles. The zero-order chi connectivity index (χ0) is 10.0. The Morgan fingerprint density at radius 1 is 1.36 bits per heavy atom. The zero-order valence-electron chi connectivity index (χ0n) is 9.34. The van der Waals surface area contributed by atoms with E-state index < -0.39 is 0 Å². The molecule has 2 nitrogen and oxygen atoms in total. The van der Waals surface area contributed by atoms with Gasteiger partial charge in [0.05, 0.1) is 5.60 Å². The quantitative estimate of drug-likeness (QED) is 0.748. The van der Waals surface area contributed by atoms with Crippen molar-refractivity contribution < 1.29 is 5.11 Å². The molecule has 14 heavy (non-hydrogen) atoms. The summed E-state index contributed by atoms with van der Waals surface area (Å²) in [4.78, 5) is 2.52. The van der Waals surface area contributed by atoms with Gasteiger partial charge < -0.3 is 10.0 Å². The maximum Gasteiger partial charge on any atom is 0.0651 e. The molecular weight excluding hydrogens is 174 g/mol. The van der Waals surface area contributed by atoms with Gasteiger partial charge >= 0.3 is 0 Å². The first-order valence-corrected chi connectivity index (χ1v) is 6.16. The van der Waals surface area contributed by atoms with Crippen LogP contribution in [0.4, 0.5) is 0 Å². The minimum Gasteiger partial charge on any atom is -0.390 e. The van der Waals surface area contributed by atoms with Crippen LogP contribution in [0.15, 0.2) is 0 Å². The first-order chi connectivity index (χ1) is 6.72. The molecule has 1 aliphatic heterocycles. The Labute approximate surface area is 87.3 Å². The molecule has 2 heteroatoms. The third-order valence-electron chi connectivity index (χ3n) is 4.00. The Kier molecular flexibility index (Phi) is 3.13. The molecule has 82 valence electrons. The Morgan fingerprint density at radius 3 is 2.71 bits per heavy atom. The summed E-state index contributed by atoms with van der Waals surface area (Å²) in [6.45, 7) is 5.90. The highest BCUT2D eigenvalue weighted by atomic mass is 16.3. The minimum atomic E-state index is -0.262. The van der Waals surface area contributed by atoms with E-state index in [1.54, 1.807) is 0 Å². The molecule has 1 unspecified atom stereocenters. The molecule has 2 fully saturated rings. The van der Waals surface area contributed by atoms with Gasteiger partial charge in [0.2, 0.25) is 0 Å². The lowest BCUT2D eigenvalue weighted by Gasteiger charge is -2.42. The summed E-state index contributed by atoms with van der Waals surface area (Å²) >= 11 is 0. The van der Waals surface area contributed by atoms with Crippen LogP contribution in [0.25, 0.3) is 0 Å². The van der Waals surface area contributed by atoms with E-state index in [0.717, 1.165) is 25.2 Å². The highest BCUT2D eigenvalue weighted by Crippen LogP contribution is 2.38. The molecule has 2 aliphatic rings. The molecule has 0 amide bonds. The lowest BCUT2D eigenvalue weighted by atomic mass is 9.73. The molecule has 0 bridgehead atoms. The fourth-order valence-corrected chi connectivity index (χ4v) is 2.93. The summed E-state index contributed by atoms with van der Waals surface area (Å²) in [6, 6.07) is 0. The first kappa shape index (κ1) is 10.4. The molecule has 0 aromatic heterocycles. The van der Waals surface area contributed by atoms with Crippen molar-refractivity contribution in [3.63, 3.8) is 0 Å². The smallest absolute Gasteiger partial charge is 0.0651 e. The third kappa shape index (κ3) is 2.29. The molecule has 0 aromatic carbocycles. The Bertz CT molecular complexity index is 189. The monoisotopic (exact) mass is 197 g/mol. The second kappa shape index (κ2) is 4.19. The van der Waals surface area contributed by atoms with Crippen LogP contribution in [0.1, 0.15) is 45.4 Å². The molecule has 1 N–H and O–H groups in total. The van der Waals surface area contributed by atoms with Gasteiger partial charge in [0.15, 0.2) is 0 Å². The van der Waals surface area contributed by atoms with Gasteiger partial charge in [-0.3, -0.25) is 0 Å². The van der Waals surface area contributed by atoms with Crippen LogP contribution in [0, 0.1) is 5.92 Å². The maximum atomic E-state index is 10.1. The summed E-state index contributed by atoms with van der Waals surface area (Å²) < 4.78 is 0. The minimum absolute atomic E-state index is 0.262. The Balaban J connectivity index is 1.79. The number of piperidine rings is 1. The highest BCUT2D eigenvalue weighted by molar-refractivity contribution is 4.90. The molecule has 0 aromatic rings. The second-order valence-electron chi connectivity index (χ2n) is 5.18. The van der Waals surface area contributed by atoms with Crippen molar-refractivity contribution in [2.45, 2.75) is 51.0 Å². The predicted molar refractivity (Wildman–Crippen MR) is 58.3 cm³/mol. The van der Waals surface area contributed by atoms with Crippen LogP contribution in [-0.4, -0.2) is 35.2 Å². The van der Waals surface area contributed by atoms with E-state index in [2.05, 4.69) is 11.8 Å². The van der Waals surface area contributed by atoms with Crippen molar-refractivity contribution in [1.82, 2.24) is 4.90 Å². The number of aliphatic hydroxyl groups is 1. The van der Waals surface area contributed by atoms with E-state index in [1.165, 1.54) is 38.9 Å². The van der Waals surface area contributed by atoms with Gasteiger partial charge in [-0.05, 0) is 57.5 Å². The first-order valence-electron chi connectivity index (χ1n) is 6.16. The van der Waals surface area contributed by atoms with Crippen molar-refractivity contribution in [3.8, 4) is 0 Å². The van der Waals surface area contributed by atoms with Crippen LogP contribution in [0.3, 0.4) is 0 Å². The Hall–Kier alpha value is -0.0800. The van der Waals surface area contributed by atoms with Gasteiger partial charge in [-0.15, -0.1) is 0 Å². The average Bonchev–Trinajstić information content (AvgIpc) is 2.16. The number of nitrogens with zero attached hydrogens (tertiary/aromatic N) is 1. The van der Waals surface area contributed by atoms with E-state index in [4.69, 9.17) is 0 Å². The topological polar surface area (TPSA) is 23.5 Å². The highest BCUT2D eigenvalue weighted by Gasteiger charge is 2.37. The van der Waals surface area contributed by atoms with Gasteiger partial charge in [0.25, 0.3) is 0 Å². The predicted octanol–water partition coefficient (Wildman–Crippen LogP) is 2.02. The van der Waals surface area contributed by atoms with Crippen LogP contribution in [0.2, 0.25) is 0 Å². The van der Waals surface area contributed by atoms with Crippen molar-refractivity contribution in [2.24, 2.45) is 5.92 Å². The maximum absolute atomic E-state index is 10.1.